The monoisotopic (exact) mass is 299 g/mol. The van der Waals surface area contributed by atoms with E-state index in [4.69, 9.17) is 5.73 Å². The molecule has 0 amide bonds. The Morgan fingerprint density at radius 2 is 1.69 bits per heavy atom. The molecule has 0 heterocycles. The molecular formula is C13H14ClNSe. The van der Waals surface area contributed by atoms with E-state index in [-0.39, 0.29) is 12.4 Å². The van der Waals surface area contributed by atoms with Crippen LogP contribution < -0.4 is 10.2 Å². The molecule has 0 aliphatic rings. The molecule has 0 fully saturated rings. The number of rotatable bonds is 3. The van der Waals surface area contributed by atoms with E-state index >= 15 is 0 Å². The molecule has 0 aliphatic carbocycles. The molecule has 1 nitrogen and oxygen atoms in total. The Morgan fingerprint density at radius 1 is 0.938 bits per heavy atom. The number of anilines is 1. The Morgan fingerprint density at radius 3 is 2.38 bits per heavy atom. The molecule has 16 heavy (non-hydrogen) atoms. The Hall–Kier alpha value is -0.951. The van der Waals surface area contributed by atoms with Gasteiger partial charge in [0.25, 0.3) is 0 Å². The van der Waals surface area contributed by atoms with Crippen molar-refractivity contribution in [1.29, 1.82) is 0 Å². The number of halogens is 1. The summed E-state index contributed by atoms with van der Waals surface area (Å²) in [6.45, 7) is 0. The minimum atomic E-state index is 0. The number of hydrogen-bond acceptors (Lipinski definition) is 1. The summed E-state index contributed by atoms with van der Waals surface area (Å²) in [4.78, 5) is 0. The van der Waals surface area contributed by atoms with Gasteiger partial charge in [0.1, 0.15) is 0 Å². The van der Waals surface area contributed by atoms with Crippen molar-refractivity contribution in [2.75, 3.05) is 5.73 Å². The summed E-state index contributed by atoms with van der Waals surface area (Å²) in [5.41, 5.74) is 7.92. The van der Waals surface area contributed by atoms with Crippen molar-refractivity contribution in [1.82, 2.24) is 0 Å². The van der Waals surface area contributed by atoms with Gasteiger partial charge in [-0.05, 0) is 0 Å². The molecule has 0 saturated carbocycles. The van der Waals surface area contributed by atoms with Crippen molar-refractivity contribution in [3.05, 3.63) is 60.2 Å². The first kappa shape index (κ1) is 13.1. The van der Waals surface area contributed by atoms with Crippen LogP contribution in [0.1, 0.15) is 5.56 Å². The average Bonchev–Trinajstić information content (AvgIpc) is 2.28. The van der Waals surface area contributed by atoms with E-state index in [0.29, 0.717) is 15.0 Å². The zero-order valence-corrected chi connectivity index (χ0v) is 11.3. The van der Waals surface area contributed by atoms with Crippen LogP contribution in [0.3, 0.4) is 0 Å². The van der Waals surface area contributed by atoms with Gasteiger partial charge in [-0.1, -0.05) is 0 Å². The van der Waals surface area contributed by atoms with Crippen LogP contribution in [-0.2, 0) is 5.32 Å². The Bertz CT molecular complexity index is 431. The van der Waals surface area contributed by atoms with E-state index in [1.807, 2.05) is 12.1 Å². The molecule has 0 atom stereocenters. The second kappa shape index (κ2) is 6.59. The van der Waals surface area contributed by atoms with Gasteiger partial charge in [-0.3, -0.25) is 0 Å². The second-order valence-corrected chi connectivity index (χ2v) is 5.55. The maximum absolute atomic E-state index is 5.73. The van der Waals surface area contributed by atoms with Gasteiger partial charge < -0.3 is 0 Å². The van der Waals surface area contributed by atoms with Gasteiger partial charge in [0, 0.05) is 0 Å². The van der Waals surface area contributed by atoms with Crippen molar-refractivity contribution in [2.45, 2.75) is 5.32 Å². The summed E-state index contributed by atoms with van der Waals surface area (Å²) in [6, 6.07) is 18.8. The molecule has 0 unspecified atom stereocenters. The van der Waals surface area contributed by atoms with Gasteiger partial charge in [0.15, 0.2) is 0 Å². The molecule has 2 aromatic rings. The number of hydrogen-bond donors (Lipinski definition) is 1. The summed E-state index contributed by atoms with van der Waals surface area (Å²) in [6.07, 6.45) is 0. The molecule has 0 radical (unpaired) electrons. The molecule has 0 aliphatic heterocycles. The fraction of sp³-hybridized carbons (Fsp3) is 0.0769. The molecule has 2 rings (SSSR count). The van der Waals surface area contributed by atoms with E-state index in [9.17, 15) is 0 Å². The number of nitrogens with two attached hydrogens (primary N) is 1. The molecule has 2 N–H and O–H groups in total. The quantitative estimate of drug-likeness (QED) is 0.682. The summed E-state index contributed by atoms with van der Waals surface area (Å²) < 4.78 is 1.44. The predicted octanol–water partition coefficient (Wildman–Crippen LogP) is 2.22. The molecule has 0 saturated heterocycles. The SMILES string of the molecule is Cl.Nc1cccc(C[Se]c2ccccc2)c1. The molecule has 2 aromatic carbocycles. The summed E-state index contributed by atoms with van der Waals surface area (Å²) in [5, 5.41) is 1.11. The first-order valence-electron chi connectivity index (χ1n) is 4.87. The number of nitrogen functional groups attached to an aromatic ring is 1. The van der Waals surface area contributed by atoms with Crippen molar-refractivity contribution < 1.29 is 0 Å². The summed E-state index contributed by atoms with van der Waals surface area (Å²) in [7, 11) is 0. The van der Waals surface area contributed by atoms with Crippen LogP contribution in [0.4, 0.5) is 5.69 Å². The van der Waals surface area contributed by atoms with E-state index < -0.39 is 0 Å². The Labute approximate surface area is 109 Å². The number of benzene rings is 2. The van der Waals surface area contributed by atoms with Gasteiger partial charge in [-0.2, -0.15) is 0 Å². The van der Waals surface area contributed by atoms with Crippen LogP contribution in [0.25, 0.3) is 0 Å². The first-order chi connectivity index (χ1) is 7.34. The van der Waals surface area contributed by atoms with E-state index in [1.165, 1.54) is 10.0 Å². The molecule has 84 valence electrons. The fourth-order valence-corrected chi connectivity index (χ4v) is 3.18. The van der Waals surface area contributed by atoms with Crippen LogP contribution in [0.15, 0.2) is 54.6 Å². The third-order valence-corrected chi connectivity index (χ3v) is 4.37. The maximum atomic E-state index is 5.73. The Balaban J connectivity index is 0.00000128. The predicted molar refractivity (Wildman–Crippen MR) is 73.6 cm³/mol. The minimum absolute atomic E-state index is 0. The molecule has 0 bridgehead atoms. The standard InChI is InChI=1S/C13H13NSe.ClH/c14-12-6-4-5-11(9-12)10-15-13-7-2-1-3-8-13;/h1-9H,10,14H2;1H. The van der Waals surface area contributed by atoms with Crippen molar-refractivity contribution in [2.24, 2.45) is 0 Å². The third-order valence-electron chi connectivity index (χ3n) is 2.10. The normalized spacial score (nSPS) is 9.50. The molecule has 0 spiro atoms. The first-order valence-corrected chi connectivity index (χ1v) is 6.93. The van der Waals surface area contributed by atoms with Gasteiger partial charge in [0.2, 0.25) is 0 Å². The molecule has 0 aromatic heterocycles. The van der Waals surface area contributed by atoms with Crippen LogP contribution in [0, 0.1) is 0 Å². The molecule has 3 heteroatoms. The summed E-state index contributed by atoms with van der Waals surface area (Å²) >= 11 is 0.509. The fourth-order valence-electron chi connectivity index (χ4n) is 1.37. The average molecular weight is 299 g/mol. The topological polar surface area (TPSA) is 26.0 Å². The zero-order chi connectivity index (χ0) is 10.5. The second-order valence-electron chi connectivity index (χ2n) is 3.35. The van der Waals surface area contributed by atoms with Gasteiger partial charge in [-0.25, -0.2) is 0 Å². The van der Waals surface area contributed by atoms with Crippen LogP contribution in [0.2, 0.25) is 0 Å². The van der Waals surface area contributed by atoms with Crippen LogP contribution in [-0.4, -0.2) is 15.0 Å². The van der Waals surface area contributed by atoms with Gasteiger partial charge in [-0.15, -0.1) is 12.4 Å². The zero-order valence-electron chi connectivity index (χ0n) is 8.80. The summed E-state index contributed by atoms with van der Waals surface area (Å²) in [5.74, 6) is 0. The van der Waals surface area contributed by atoms with Crippen LogP contribution >= 0.6 is 12.4 Å². The van der Waals surface area contributed by atoms with E-state index in [1.54, 1.807) is 0 Å². The van der Waals surface area contributed by atoms with Gasteiger partial charge >= 0.3 is 96.3 Å². The Kier molecular flexibility index (Phi) is 5.40. The third kappa shape index (κ3) is 3.90. The van der Waals surface area contributed by atoms with E-state index in [0.717, 1.165) is 11.0 Å². The van der Waals surface area contributed by atoms with Crippen molar-refractivity contribution >= 4 is 37.5 Å². The van der Waals surface area contributed by atoms with Crippen molar-refractivity contribution in [3.63, 3.8) is 0 Å². The van der Waals surface area contributed by atoms with E-state index in [2.05, 4.69) is 42.5 Å². The van der Waals surface area contributed by atoms with Crippen LogP contribution in [0.5, 0.6) is 0 Å². The van der Waals surface area contributed by atoms with Crippen molar-refractivity contribution in [3.8, 4) is 0 Å². The molecular weight excluding hydrogens is 285 g/mol. The van der Waals surface area contributed by atoms with Gasteiger partial charge in [0.05, 0.1) is 0 Å².